The molecule has 104 valence electrons. The van der Waals surface area contributed by atoms with Gasteiger partial charge in [0.05, 0.1) is 11.5 Å². The summed E-state index contributed by atoms with van der Waals surface area (Å²) in [6, 6.07) is 7.59. The van der Waals surface area contributed by atoms with Gasteiger partial charge in [-0.25, -0.2) is 0 Å². The summed E-state index contributed by atoms with van der Waals surface area (Å²) in [5.41, 5.74) is -0.522. The summed E-state index contributed by atoms with van der Waals surface area (Å²) in [4.78, 5) is 10.2. The highest BCUT2D eigenvalue weighted by Gasteiger charge is 2.30. The number of aliphatic carboxylic acids is 1. The van der Waals surface area contributed by atoms with Crippen molar-refractivity contribution in [1.82, 2.24) is 0 Å². The standard InChI is InChI=1S/C14H9F3O3/c15-14(16,17)10-3-1-2-9(8-10)12-6-4-11(20-12)5-7-13(18)19/h1-8H,(H,18,19)/p-1. The molecule has 2 aromatic rings. The monoisotopic (exact) mass is 281 g/mol. The fourth-order valence-electron chi connectivity index (χ4n) is 1.60. The summed E-state index contributed by atoms with van der Waals surface area (Å²) >= 11 is 0. The summed E-state index contributed by atoms with van der Waals surface area (Å²) in [7, 11) is 0. The fourth-order valence-corrected chi connectivity index (χ4v) is 1.60. The first-order chi connectivity index (χ1) is 9.36. The van der Waals surface area contributed by atoms with E-state index in [0.29, 0.717) is 0 Å². The maximum absolute atomic E-state index is 12.6. The van der Waals surface area contributed by atoms with Gasteiger partial charge in [0.15, 0.2) is 0 Å². The average molecular weight is 281 g/mol. The smallest absolute Gasteiger partial charge is 0.416 e. The molecular formula is C14H8F3O3-. The topological polar surface area (TPSA) is 53.3 Å². The second kappa shape index (κ2) is 5.24. The molecule has 0 aliphatic rings. The molecule has 0 spiro atoms. The highest BCUT2D eigenvalue weighted by molar-refractivity contribution is 5.83. The first kappa shape index (κ1) is 13.9. The molecule has 0 amide bonds. The molecule has 20 heavy (non-hydrogen) atoms. The van der Waals surface area contributed by atoms with Crippen molar-refractivity contribution in [3.05, 3.63) is 53.8 Å². The number of carbonyl (C=O) groups is 1. The van der Waals surface area contributed by atoms with Crippen molar-refractivity contribution in [1.29, 1.82) is 0 Å². The van der Waals surface area contributed by atoms with Crippen LogP contribution in [0, 0.1) is 0 Å². The molecule has 0 atom stereocenters. The molecule has 0 saturated carbocycles. The molecule has 0 N–H and O–H groups in total. The highest BCUT2D eigenvalue weighted by Crippen LogP contribution is 2.32. The van der Waals surface area contributed by atoms with Crippen molar-refractivity contribution < 1.29 is 27.5 Å². The number of rotatable bonds is 3. The van der Waals surface area contributed by atoms with Crippen LogP contribution in [0.15, 0.2) is 46.9 Å². The van der Waals surface area contributed by atoms with Crippen LogP contribution in [0.3, 0.4) is 0 Å². The Bertz CT molecular complexity index is 654. The molecule has 0 unspecified atom stereocenters. The van der Waals surface area contributed by atoms with Gasteiger partial charge in [-0.1, -0.05) is 12.1 Å². The van der Waals surface area contributed by atoms with Crippen LogP contribution >= 0.6 is 0 Å². The Labute approximate surface area is 112 Å². The second-order valence-electron chi connectivity index (χ2n) is 3.93. The van der Waals surface area contributed by atoms with Gasteiger partial charge in [-0.15, -0.1) is 0 Å². The van der Waals surface area contributed by atoms with Crippen molar-refractivity contribution in [2.75, 3.05) is 0 Å². The maximum Gasteiger partial charge on any atom is 0.416 e. The minimum atomic E-state index is -4.43. The molecule has 0 aliphatic carbocycles. The van der Waals surface area contributed by atoms with E-state index in [1.54, 1.807) is 0 Å². The Kier molecular flexibility index (Phi) is 3.65. The van der Waals surface area contributed by atoms with Crippen LogP contribution in [-0.2, 0) is 11.0 Å². The van der Waals surface area contributed by atoms with Crippen LogP contribution in [0.25, 0.3) is 17.4 Å². The van der Waals surface area contributed by atoms with Crippen molar-refractivity contribution in [3.8, 4) is 11.3 Å². The molecule has 1 heterocycles. The first-order valence-corrected chi connectivity index (χ1v) is 5.53. The molecule has 3 nitrogen and oxygen atoms in total. The van der Waals surface area contributed by atoms with Gasteiger partial charge < -0.3 is 14.3 Å². The molecular weight excluding hydrogens is 273 g/mol. The van der Waals surface area contributed by atoms with Crippen LogP contribution in [0.4, 0.5) is 13.2 Å². The van der Waals surface area contributed by atoms with E-state index < -0.39 is 17.7 Å². The first-order valence-electron chi connectivity index (χ1n) is 5.53. The number of carbonyl (C=O) groups excluding carboxylic acids is 1. The number of furan rings is 1. The van der Waals surface area contributed by atoms with E-state index in [2.05, 4.69) is 0 Å². The zero-order valence-electron chi connectivity index (χ0n) is 9.98. The summed E-state index contributed by atoms with van der Waals surface area (Å²) < 4.78 is 43.0. The minimum Gasteiger partial charge on any atom is -0.545 e. The highest BCUT2D eigenvalue weighted by atomic mass is 19.4. The summed E-state index contributed by atoms with van der Waals surface area (Å²) in [5, 5.41) is 10.2. The van der Waals surface area contributed by atoms with Crippen molar-refractivity contribution >= 4 is 12.0 Å². The molecule has 6 heteroatoms. The number of hydrogen-bond donors (Lipinski definition) is 0. The summed E-state index contributed by atoms with van der Waals surface area (Å²) in [6.07, 6.45) is -2.50. The Morgan fingerprint density at radius 2 is 1.95 bits per heavy atom. The average Bonchev–Trinajstić information content (AvgIpc) is 2.84. The van der Waals surface area contributed by atoms with Gasteiger partial charge in [0.1, 0.15) is 11.5 Å². The Hall–Kier alpha value is -2.50. The molecule has 1 aromatic carbocycles. The maximum atomic E-state index is 12.6. The van der Waals surface area contributed by atoms with Crippen molar-refractivity contribution in [3.63, 3.8) is 0 Å². The summed E-state index contributed by atoms with van der Waals surface area (Å²) in [5.74, 6) is -0.960. The van der Waals surface area contributed by atoms with Gasteiger partial charge in [0.25, 0.3) is 0 Å². The lowest BCUT2D eigenvalue weighted by molar-refractivity contribution is -0.297. The molecule has 0 aliphatic heterocycles. The van der Waals surface area contributed by atoms with Gasteiger partial charge in [-0.3, -0.25) is 0 Å². The van der Waals surface area contributed by atoms with Gasteiger partial charge in [0.2, 0.25) is 0 Å². The van der Waals surface area contributed by atoms with E-state index in [9.17, 15) is 23.1 Å². The third-order valence-corrected chi connectivity index (χ3v) is 2.48. The fraction of sp³-hybridized carbons (Fsp3) is 0.0714. The third-order valence-electron chi connectivity index (χ3n) is 2.48. The van der Waals surface area contributed by atoms with Gasteiger partial charge in [-0.2, -0.15) is 13.2 Å². The normalized spacial score (nSPS) is 11.9. The predicted octanol–water partition coefficient (Wildman–Crippen LogP) is 2.73. The van der Waals surface area contributed by atoms with Gasteiger partial charge >= 0.3 is 6.18 Å². The lowest BCUT2D eigenvalue weighted by Gasteiger charge is -2.07. The second-order valence-corrected chi connectivity index (χ2v) is 3.93. The lowest BCUT2D eigenvalue weighted by Crippen LogP contribution is -2.18. The third kappa shape index (κ3) is 3.28. The number of carboxylic acids is 1. The van der Waals surface area contributed by atoms with Crippen molar-refractivity contribution in [2.45, 2.75) is 6.18 Å². The molecule has 2 rings (SSSR count). The zero-order valence-corrected chi connectivity index (χ0v) is 9.98. The van der Waals surface area contributed by atoms with Crippen LogP contribution < -0.4 is 5.11 Å². The Morgan fingerprint density at radius 1 is 1.20 bits per heavy atom. The number of hydrogen-bond acceptors (Lipinski definition) is 3. The van der Waals surface area contributed by atoms with E-state index in [1.165, 1.54) is 24.3 Å². The van der Waals surface area contributed by atoms with Gasteiger partial charge in [-0.05, 0) is 36.4 Å². The van der Waals surface area contributed by atoms with Crippen LogP contribution in [0.5, 0.6) is 0 Å². The number of benzene rings is 1. The summed E-state index contributed by atoms with van der Waals surface area (Å²) in [6.45, 7) is 0. The zero-order chi connectivity index (χ0) is 14.8. The minimum absolute atomic E-state index is 0.210. The Morgan fingerprint density at radius 3 is 2.60 bits per heavy atom. The number of halogens is 3. The lowest BCUT2D eigenvalue weighted by atomic mass is 10.1. The largest absolute Gasteiger partial charge is 0.545 e. The Balaban J connectivity index is 2.31. The van der Waals surface area contributed by atoms with Crippen LogP contribution in [-0.4, -0.2) is 5.97 Å². The quantitative estimate of drug-likeness (QED) is 0.813. The van der Waals surface area contributed by atoms with E-state index in [0.717, 1.165) is 24.3 Å². The van der Waals surface area contributed by atoms with E-state index in [4.69, 9.17) is 4.42 Å². The molecule has 0 saturated heterocycles. The SMILES string of the molecule is O=C([O-])C=Cc1ccc(-c2cccc(C(F)(F)F)c2)o1. The molecule has 0 bridgehead atoms. The number of alkyl halides is 3. The van der Waals surface area contributed by atoms with E-state index in [-0.39, 0.29) is 17.1 Å². The van der Waals surface area contributed by atoms with Crippen LogP contribution in [0.1, 0.15) is 11.3 Å². The van der Waals surface area contributed by atoms with E-state index in [1.807, 2.05) is 0 Å². The predicted molar refractivity (Wildman–Crippen MR) is 63.2 cm³/mol. The molecule has 0 fully saturated rings. The van der Waals surface area contributed by atoms with Crippen molar-refractivity contribution in [2.24, 2.45) is 0 Å². The van der Waals surface area contributed by atoms with Gasteiger partial charge in [0, 0.05) is 5.56 Å². The van der Waals surface area contributed by atoms with Crippen LogP contribution in [0.2, 0.25) is 0 Å². The van der Waals surface area contributed by atoms with E-state index >= 15 is 0 Å². The number of carboxylic acid groups (broad SMARTS) is 1. The molecule has 0 radical (unpaired) electrons. The molecule has 1 aromatic heterocycles.